The third kappa shape index (κ3) is 5.14. The number of nitrogens with zero attached hydrogens (tertiary/aromatic N) is 1. The molecule has 4 nitrogen and oxygen atoms in total. The summed E-state index contributed by atoms with van der Waals surface area (Å²) in [5, 5.41) is 3.41. The molecule has 0 radical (unpaired) electrons. The number of nitrogens with two attached hydrogens (primary N) is 1. The Hall–Kier alpha value is -0.610. The van der Waals surface area contributed by atoms with Crippen molar-refractivity contribution < 1.29 is 4.79 Å². The molecular weight excluding hydrogens is 190 g/mol. The molecule has 0 aromatic rings. The van der Waals surface area contributed by atoms with E-state index in [9.17, 15) is 4.79 Å². The maximum absolute atomic E-state index is 10.7. The van der Waals surface area contributed by atoms with E-state index in [4.69, 9.17) is 5.73 Å². The molecular formula is C11H23N3O. The topological polar surface area (TPSA) is 58.4 Å². The highest BCUT2D eigenvalue weighted by atomic mass is 16.1. The van der Waals surface area contributed by atoms with Crippen molar-refractivity contribution in [1.29, 1.82) is 0 Å². The van der Waals surface area contributed by atoms with Gasteiger partial charge in [-0.15, -0.1) is 0 Å². The standard InChI is InChI=1S/C11H23N3O/c1-2-14(7-5-11(12)15)9-10-4-3-6-13-8-10/h10,13H,2-9H2,1H3,(H2,12,15). The lowest BCUT2D eigenvalue weighted by atomic mass is 9.99. The van der Waals surface area contributed by atoms with Gasteiger partial charge < -0.3 is 16.0 Å². The van der Waals surface area contributed by atoms with E-state index in [1.807, 2.05) is 0 Å². The number of carbonyl (C=O) groups is 1. The second-order valence-electron chi connectivity index (χ2n) is 4.32. The lowest BCUT2D eigenvalue weighted by Gasteiger charge is -2.29. The van der Waals surface area contributed by atoms with Crippen molar-refractivity contribution in [3.63, 3.8) is 0 Å². The average Bonchev–Trinajstić information content (AvgIpc) is 2.25. The van der Waals surface area contributed by atoms with Crippen LogP contribution in [0.25, 0.3) is 0 Å². The van der Waals surface area contributed by atoms with E-state index in [2.05, 4.69) is 17.1 Å². The monoisotopic (exact) mass is 213 g/mol. The fourth-order valence-electron chi connectivity index (χ4n) is 2.09. The molecule has 1 saturated heterocycles. The maximum Gasteiger partial charge on any atom is 0.218 e. The van der Waals surface area contributed by atoms with Gasteiger partial charge in [0.05, 0.1) is 0 Å². The van der Waals surface area contributed by atoms with Crippen molar-refractivity contribution in [1.82, 2.24) is 10.2 Å². The van der Waals surface area contributed by atoms with E-state index in [1.165, 1.54) is 12.8 Å². The summed E-state index contributed by atoms with van der Waals surface area (Å²) in [6, 6.07) is 0. The second kappa shape index (κ2) is 6.80. The highest BCUT2D eigenvalue weighted by Gasteiger charge is 2.16. The van der Waals surface area contributed by atoms with Crippen LogP contribution in [0.1, 0.15) is 26.2 Å². The summed E-state index contributed by atoms with van der Waals surface area (Å²) in [6.45, 7) is 7.32. The normalized spacial score (nSPS) is 21.9. The van der Waals surface area contributed by atoms with Crippen LogP contribution in [-0.4, -0.2) is 43.5 Å². The number of rotatable bonds is 6. The number of hydrogen-bond acceptors (Lipinski definition) is 3. The molecule has 1 heterocycles. The van der Waals surface area contributed by atoms with Crippen LogP contribution in [0.2, 0.25) is 0 Å². The Balaban J connectivity index is 2.22. The zero-order valence-electron chi connectivity index (χ0n) is 9.67. The quantitative estimate of drug-likeness (QED) is 0.662. The lowest BCUT2D eigenvalue weighted by molar-refractivity contribution is -0.118. The van der Waals surface area contributed by atoms with Gasteiger partial charge in [0.25, 0.3) is 0 Å². The molecule has 15 heavy (non-hydrogen) atoms. The van der Waals surface area contributed by atoms with Crippen molar-refractivity contribution in [2.45, 2.75) is 26.2 Å². The fraction of sp³-hybridized carbons (Fsp3) is 0.909. The van der Waals surface area contributed by atoms with Gasteiger partial charge in [-0.3, -0.25) is 4.79 Å². The zero-order chi connectivity index (χ0) is 11.1. The van der Waals surface area contributed by atoms with Crippen LogP contribution in [-0.2, 0) is 4.79 Å². The minimum absolute atomic E-state index is 0.199. The van der Waals surface area contributed by atoms with Gasteiger partial charge in [0.2, 0.25) is 5.91 Å². The first-order chi connectivity index (χ1) is 7.22. The molecule has 1 fully saturated rings. The Morgan fingerprint density at radius 2 is 2.40 bits per heavy atom. The Morgan fingerprint density at radius 1 is 1.60 bits per heavy atom. The molecule has 0 aromatic heterocycles. The number of hydrogen-bond donors (Lipinski definition) is 2. The molecule has 4 heteroatoms. The third-order valence-electron chi connectivity index (χ3n) is 3.04. The van der Waals surface area contributed by atoms with E-state index >= 15 is 0 Å². The predicted octanol–water partition coefficient (Wildman–Crippen LogP) is 0.183. The first kappa shape index (κ1) is 12.5. The van der Waals surface area contributed by atoms with Crippen LogP contribution in [0.3, 0.4) is 0 Å². The van der Waals surface area contributed by atoms with E-state index in [1.54, 1.807) is 0 Å². The third-order valence-corrected chi connectivity index (χ3v) is 3.04. The molecule has 1 aliphatic heterocycles. The van der Waals surface area contributed by atoms with Crippen molar-refractivity contribution in [3.05, 3.63) is 0 Å². The molecule has 3 N–H and O–H groups in total. The number of primary amides is 1. The molecule has 1 amide bonds. The van der Waals surface area contributed by atoms with Crippen LogP contribution in [0.5, 0.6) is 0 Å². The minimum Gasteiger partial charge on any atom is -0.370 e. The van der Waals surface area contributed by atoms with Crippen molar-refractivity contribution in [3.8, 4) is 0 Å². The van der Waals surface area contributed by atoms with Crippen LogP contribution in [0.15, 0.2) is 0 Å². The van der Waals surface area contributed by atoms with Crippen molar-refractivity contribution in [2.24, 2.45) is 11.7 Å². The predicted molar refractivity (Wildman–Crippen MR) is 61.5 cm³/mol. The number of carbonyl (C=O) groups excluding carboxylic acids is 1. The summed E-state index contributed by atoms with van der Waals surface area (Å²) in [4.78, 5) is 13.0. The zero-order valence-corrected chi connectivity index (χ0v) is 9.67. The van der Waals surface area contributed by atoms with E-state index in [0.29, 0.717) is 6.42 Å². The number of piperidine rings is 1. The summed E-state index contributed by atoms with van der Waals surface area (Å²) in [7, 11) is 0. The van der Waals surface area contributed by atoms with Gasteiger partial charge in [0.15, 0.2) is 0 Å². The molecule has 1 aliphatic rings. The molecule has 88 valence electrons. The van der Waals surface area contributed by atoms with Gasteiger partial charge >= 0.3 is 0 Å². The van der Waals surface area contributed by atoms with E-state index in [0.717, 1.165) is 38.6 Å². The summed E-state index contributed by atoms with van der Waals surface area (Å²) >= 11 is 0. The summed E-state index contributed by atoms with van der Waals surface area (Å²) in [5.74, 6) is 0.543. The van der Waals surface area contributed by atoms with Crippen LogP contribution >= 0.6 is 0 Å². The molecule has 0 aromatic carbocycles. The van der Waals surface area contributed by atoms with Gasteiger partial charge in [0, 0.05) is 19.5 Å². The summed E-state index contributed by atoms with van der Waals surface area (Å²) in [5.41, 5.74) is 5.15. The van der Waals surface area contributed by atoms with E-state index < -0.39 is 0 Å². The number of amides is 1. The molecule has 0 spiro atoms. The van der Waals surface area contributed by atoms with Gasteiger partial charge in [-0.2, -0.15) is 0 Å². The fourth-order valence-corrected chi connectivity index (χ4v) is 2.09. The minimum atomic E-state index is -0.199. The molecule has 1 rings (SSSR count). The first-order valence-corrected chi connectivity index (χ1v) is 5.93. The number of nitrogens with one attached hydrogen (secondary N) is 1. The Labute approximate surface area is 92.2 Å². The summed E-state index contributed by atoms with van der Waals surface area (Å²) < 4.78 is 0. The second-order valence-corrected chi connectivity index (χ2v) is 4.32. The van der Waals surface area contributed by atoms with Crippen LogP contribution in [0.4, 0.5) is 0 Å². The van der Waals surface area contributed by atoms with E-state index in [-0.39, 0.29) is 5.91 Å². The van der Waals surface area contributed by atoms with Crippen LogP contribution < -0.4 is 11.1 Å². The molecule has 0 aliphatic carbocycles. The Bertz CT molecular complexity index is 190. The summed E-state index contributed by atoms with van der Waals surface area (Å²) in [6.07, 6.45) is 3.06. The highest BCUT2D eigenvalue weighted by Crippen LogP contribution is 2.11. The average molecular weight is 213 g/mol. The Morgan fingerprint density at radius 3 is 2.93 bits per heavy atom. The van der Waals surface area contributed by atoms with Gasteiger partial charge in [0.1, 0.15) is 0 Å². The smallest absolute Gasteiger partial charge is 0.218 e. The van der Waals surface area contributed by atoms with Gasteiger partial charge in [-0.25, -0.2) is 0 Å². The Kier molecular flexibility index (Phi) is 5.65. The van der Waals surface area contributed by atoms with Crippen molar-refractivity contribution >= 4 is 5.91 Å². The molecule has 1 unspecified atom stereocenters. The first-order valence-electron chi connectivity index (χ1n) is 5.93. The highest BCUT2D eigenvalue weighted by molar-refractivity contribution is 5.73. The SMILES string of the molecule is CCN(CCC(N)=O)CC1CCCNC1. The van der Waals surface area contributed by atoms with Gasteiger partial charge in [-0.05, 0) is 38.4 Å². The lowest BCUT2D eigenvalue weighted by Crippen LogP contribution is -2.39. The molecule has 0 bridgehead atoms. The van der Waals surface area contributed by atoms with Crippen molar-refractivity contribution in [2.75, 3.05) is 32.7 Å². The largest absolute Gasteiger partial charge is 0.370 e. The maximum atomic E-state index is 10.7. The molecule has 1 atom stereocenters. The molecule has 0 saturated carbocycles. The van der Waals surface area contributed by atoms with Gasteiger partial charge in [-0.1, -0.05) is 6.92 Å². The van der Waals surface area contributed by atoms with Crippen LogP contribution in [0, 0.1) is 5.92 Å².